The number of esters is 1. The number of hydrogen-bond donors (Lipinski definition) is 0. The first-order chi connectivity index (χ1) is 13.8. The van der Waals surface area contributed by atoms with E-state index in [9.17, 15) is 4.79 Å². The predicted molar refractivity (Wildman–Crippen MR) is 112 cm³/mol. The molecule has 1 saturated carbocycles. The Hall–Kier alpha value is -2.40. The van der Waals surface area contributed by atoms with Crippen LogP contribution in [0.25, 0.3) is 0 Å². The van der Waals surface area contributed by atoms with E-state index >= 15 is 0 Å². The lowest BCUT2D eigenvalue weighted by Gasteiger charge is -2.23. The van der Waals surface area contributed by atoms with Gasteiger partial charge in [-0.05, 0) is 31.5 Å². The lowest BCUT2D eigenvalue weighted by Crippen LogP contribution is -2.29. The Morgan fingerprint density at radius 1 is 1.00 bits per heavy atom. The van der Waals surface area contributed by atoms with Gasteiger partial charge in [0.25, 0.3) is 0 Å². The number of nitrogens with zero attached hydrogens (tertiary/aromatic N) is 1. The molecule has 3 rings (SSSR count). The molecule has 0 radical (unpaired) electrons. The van der Waals surface area contributed by atoms with Gasteiger partial charge in [0, 0.05) is 18.1 Å². The van der Waals surface area contributed by atoms with E-state index in [0.717, 1.165) is 19.3 Å². The minimum atomic E-state index is -0.864. The smallest absolute Gasteiger partial charge is 0.315 e. The standard InChI is InChI=1S/C24H31NO4/c1-6-7-11-17-28-24(22(2,3)23(24,4)21(26)27-5)19-15-12-16-20(25-19)29-18-13-9-8-10-14-18/h8-10,12-16H,6-7,11,17H2,1-5H3. The predicted octanol–water partition coefficient (Wildman–Crippen LogP) is 5.50. The summed E-state index contributed by atoms with van der Waals surface area (Å²) in [5.41, 5.74) is -1.48. The minimum Gasteiger partial charge on any atom is -0.468 e. The molecule has 1 aliphatic carbocycles. The largest absolute Gasteiger partial charge is 0.468 e. The average molecular weight is 398 g/mol. The van der Waals surface area contributed by atoms with Crippen LogP contribution in [0.15, 0.2) is 48.5 Å². The number of para-hydroxylation sites is 1. The van der Waals surface area contributed by atoms with Gasteiger partial charge in [0.05, 0.1) is 12.8 Å². The van der Waals surface area contributed by atoms with E-state index in [4.69, 9.17) is 19.2 Å². The Labute approximate surface area is 173 Å². The molecule has 1 aromatic heterocycles. The molecule has 29 heavy (non-hydrogen) atoms. The molecule has 0 bridgehead atoms. The third kappa shape index (κ3) is 3.31. The Kier molecular flexibility index (Phi) is 5.99. The number of carbonyl (C=O) groups is 1. The summed E-state index contributed by atoms with van der Waals surface area (Å²) in [5, 5.41) is 0. The highest BCUT2D eigenvalue weighted by Gasteiger charge is 2.87. The normalized spacial score (nSPS) is 24.7. The fourth-order valence-electron chi connectivity index (χ4n) is 4.48. The highest BCUT2D eigenvalue weighted by molar-refractivity contribution is 5.85. The lowest BCUT2D eigenvalue weighted by molar-refractivity contribution is -0.151. The number of rotatable bonds is 9. The Balaban J connectivity index is 1.97. The average Bonchev–Trinajstić information content (AvgIpc) is 3.13. The van der Waals surface area contributed by atoms with Gasteiger partial charge >= 0.3 is 5.97 Å². The van der Waals surface area contributed by atoms with E-state index in [1.54, 1.807) is 0 Å². The summed E-state index contributed by atoms with van der Waals surface area (Å²) in [6.45, 7) is 8.70. The number of aromatic nitrogens is 1. The van der Waals surface area contributed by atoms with Gasteiger partial charge in [-0.25, -0.2) is 4.98 Å². The fraction of sp³-hybridized carbons (Fsp3) is 0.500. The van der Waals surface area contributed by atoms with Crippen molar-refractivity contribution < 1.29 is 19.0 Å². The quantitative estimate of drug-likeness (QED) is 0.413. The first kappa shape index (κ1) is 21.3. The van der Waals surface area contributed by atoms with Crippen LogP contribution in [0.4, 0.5) is 0 Å². The maximum absolute atomic E-state index is 12.8. The minimum absolute atomic E-state index is 0.283. The highest BCUT2D eigenvalue weighted by atomic mass is 16.5. The van der Waals surface area contributed by atoms with Crippen LogP contribution >= 0.6 is 0 Å². The summed E-state index contributed by atoms with van der Waals surface area (Å²) in [6, 6.07) is 15.1. The molecular formula is C24H31NO4. The van der Waals surface area contributed by atoms with Crippen LogP contribution < -0.4 is 4.74 Å². The first-order valence-corrected chi connectivity index (χ1v) is 10.3. The molecule has 2 unspecified atom stereocenters. The second-order valence-electron chi connectivity index (χ2n) is 8.25. The maximum Gasteiger partial charge on any atom is 0.315 e. The van der Waals surface area contributed by atoms with Crippen molar-refractivity contribution in [1.82, 2.24) is 4.98 Å². The Morgan fingerprint density at radius 3 is 2.38 bits per heavy atom. The lowest BCUT2D eigenvalue weighted by atomic mass is 9.98. The van der Waals surface area contributed by atoms with Gasteiger partial charge in [-0.2, -0.15) is 0 Å². The third-order valence-corrected chi connectivity index (χ3v) is 6.48. The zero-order chi connectivity index (χ0) is 21.1. The molecule has 0 spiro atoms. The molecule has 2 aromatic rings. The molecule has 0 amide bonds. The van der Waals surface area contributed by atoms with E-state index in [1.807, 2.05) is 69.3 Å². The van der Waals surface area contributed by atoms with Crippen molar-refractivity contribution in [2.45, 2.75) is 52.6 Å². The Bertz CT molecular complexity index is 851. The number of methoxy groups -OCH3 is 1. The number of carbonyl (C=O) groups excluding carboxylic acids is 1. The molecule has 0 aliphatic heterocycles. The number of unbranched alkanes of at least 4 members (excludes halogenated alkanes) is 2. The fourth-order valence-corrected chi connectivity index (χ4v) is 4.48. The van der Waals surface area contributed by atoms with E-state index in [1.165, 1.54) is 7.11 Å². The summed E-state index contributed by atoms with van der Waals surface area (Å²) in [6.07, 6.45) is 3.12. The van der Waals surface area contributed by atoms with E-state index in [0.29, 0.717) is 23.9 Å². The highest BCUT2D eigenvalue weighted by Crippen LogP contribution is 2.78. The van der Waals surface area contributed by atoms with Crippen molar-refractivity contribution in [3.8, 4) is 11.6 Å². The molecule has 1 fully saturated rings. The molecule has 5 nitrogen and oxygen atoms in total. The molecule has 0 N–H and O–H groups in total. The van der Waals surface area contributed by atoms with Crippen LogP contribution in [0.3, 0.4) is 0 Å². The maximum atomic E-state index is 12.8. The summed E-state index contributed by atoms with van der Waals surface area (Å²) in [7, 11) is 1.42. The monoisotopic (exact) mass is 397 g/mol. The summed E-state index contributed by atoms with van der Waals surface area (Å²) in [4.78, 5) is 17.6. The van der Waals surface area contributed by atoms with Crippen LogP contribution in [0.2, 0.25) is 0 Å². The second kappa shape index (κ2) is 8.15. The molecule has 0 saturated heterocycles. The van der Waals surface area contributed by atoms with E-state index in [-0.39, 0.29) is 5.97 Å². The summed E-state index contributed by atoms with van der Waals surface area (Å²) in [5.74, 6) is 0.898. The van der Waals surface area contributed by atoms with E-state index < -0.39 is 16.4 Å². The van der Waals surface area contributed by atoms with Gasteiger partial charge in [0.2, 0.25) is 5.88 Å². The van der Waals surface area contributed by atoms with Crippen LogP contribution in [0.1, 0.15) is 52.7 Å². The van der Waals surface area contributed by atoms with Crippen LogP contribution in [-0.4, -0.2) is 24.7 Å². The van der Waals surface area contributed by atoms with Crippen LogP contribution in [0.5, 0.6) is 11.6 Å². The number of pyridine rings is 1. The van der Waals surface area contributed by atoms with Gasteiger partial charge in [-0.3, -0.25) is 4.79 Å². The van der Waals surface area contributed by atoms with Crippen molar-refractivity contribution in [1.29, 1.82) is 0 Å². The van der Waals surface area contributed by atoms with Crippen LogP contribution in [-0.2, 0) is 19.9 Å². The van der Waals surface area contributed by atoms with Gasteiger partial charge < -0.3 is 14.2 Å². The topological polar surface area (TPSA) is 57.7 Å². The first-order valence-electron chi connectivity index (χ1n) is 10.3. The molecule has 1 aromatic carbocycles. The van der Waals surface area contributed by atoms with Crippen molar-refractivity contribution in [3.63, 3.8) is 0 Å². The Morgan fingerprint density at radius 2 is 1.72 bits per heavy atom. The van der Waals surface area contributed by atoms with Gasteiger partial charge in [0.15, 0.2) is 0 Å². The van der Waals surface area contributed by atoms with Gasteiger partial charge in [0.1, 0.15) is 16.8 Å². The molecular weight excluding hydrogens is 366 g/mol. The number of benzene rings is 1. The number of ether oxygens (including phenoxy) is 3. The SMILES string of the molecule is CCCCCOC1(c2cccc(Oc3ccccc3)n2)C(C)(C)C1(C)C(=O)OC. The zero-order valence-electron chi connectivity index (χ0n) is 18.0. The summed E-state index contributed by atoms with van der Waals surface area (Å²) >= 11 is 0. The van der Waals surface area contributed by atoms with E-state index in [2.05, 4.69) is 6.92 Å². The van der Waals surface area contributed by atoms with Crippen molar-refractivity contribution in [3.05, 3.63) is 54.2 Å². The molecule has 2 atom stereocenters. The van der Waals surface area contributed by atoms with Crippen molar-refractivity contribution in [2.24, 2.45) is 10.8 Å². The number of hydrogen-bond acceptors (Lipinski definition) is 5. The third-order valence-electron chi connectivity index (χ3n) is 6.48. The molecule has 1 heterocycles. The van der Waals surface area contributed by atoms with Crippen LogP contribution in [0, 0.1) is 10.8 Å². The summed E-state index contributed by atoms with van der Waals surface area (Å²) < 4.78 is 17.6. The second-order valence-corrected chi connectivity index (χ2v) is 8.25. The van der Waals surface area contributed by atoms with Crippen molar-refractivity contribution >= 4 is 5.97 Å². The van der Waals surface area contributed by atoms with Gasteiger partial charge in [-0.1, -0.05) is 57.9 Å². The molecule has 1 aliphatic rings. The zero-order valence-corrected chi connectivity index (χ0v) is 18.0. The molecule has 156 valence electrons. The van der Waals surface area contributed by atoms with Gasteiger partial charge in [-0.15, -0.1) is 0 Å². The van der Waals surface area contributed by atoms with Crippen molar-refractivity contribution in [2.75, 3.05) is 13.7 Å². The molecule has 5 heteroatoms.